The molecular formula is C22H21N3O5S2. The number of amides is 1. The number of nitrogens with one attached hydrogen (secondary N) is 1. The third-order valence-electron chi connectivity index (χ3n) is 5.33. The van der Waals surface area contributed by atoms with Crippen LogP contribution in [0.3, 0.4) is 0 Å². The zero-order chi connectivity index (χ0) is 22.1. The summed E-state index contributed by atoms with van der Waals surface area (Å²) < 4.78 is 31.2. The summed E-state index contributed by atoms with van der Waals surface area (Å²) in [6.45, 7) is 0.996. The largest absolute Gasteiger partial charge is 0.389 e. The molecule has 2 heterocycles. The van der Waals surface area contributed by atoms with Crippen molar-refractivity contribution in [3.63, 3.8) is 0 Å². The second-order valence-corrected chi connectivity index (χ2v) is 11.0. The van der Waals surface area contributed by atoms with Crippen LogP contribution in [-0.2, 0) is 24.2 Å². The van der Waals surface area contributed by atoms with Crippen LogP contribution in [0.1, 0.15) is 24.8 Å². The zero-order valence-corrected chi connectivity index (χ0v) is 18.7. The van der Waals surface area contributed by atoms with E-state index in [1.54, 1.807) is 12.1 Å². The van der Waals surface area contributed by atoms with E-state index in [1.807, 2.05) is 24.3 Å². The van der Waals surface area contributed by atoms with E-state index >= 15 is 0 Å². The number of fused-ring (bicyclic) bond motifs is 1. The van der Waals surface area contributed by atoms with Crippen LogP contribution in [0.4, 0.5) is 5.13 Å². The summed E-state index contributed by atoms with van der Waals surface area (Å²) in [5, 5.41) is 7.05. The van der Waals surface area contributed by atoms with E-state index in [-0.39, 0.29) is 22.0 Å². The first-order valence-corrected chi connectivity index (χ1v) is 12.7. The summed E-state index contributed by atoms with van der Waals surface area (Å²) in [6.07, 6.45) is 1.85. The van der Waals surface area contributed by atoms with Gasteiger partial charge in [-0.05, 0) is 37.1 Å². The molecule has 8 nitrogen and oxygen atoms in total. The summed E-state index contributed by atoms with van der Waals surface area (Å²) in [7, 11) is -3.31. The number of hydrogen-bond acceptors (Lipinski definition) is 8. The molecule has 1 aliphatic heterocycles. The normalized spacial score (nSPS) is 19.2. The lowest BCUT2D eigenvalue weighted by Crippen LogP contribution is -2.25. The van der Waals surface area contributed by atoms with Crippen molar-refractivity contribution in [2.24, 2.45) is 5.16 Å². The van der Waals surface area contributed by atoms with Gasteiger partial charge in [-0.2, -0.15) is 0 Å². The molecule has 1 saturated heterocycles. The van der Waals surface area contributed by atoms with Gasteiger partial charge in [-0.3, -0.25) is 10.1 Å². The first-order valence-electron chi connectivity index (χ1n) is 10.3. The Morgan fingerprint density at radius 3 is 2.59 bits per heavy atom. The Bertz CT molecular complexity index is 1240. The van der Waals surface area contributed by atoms with Gasteiger partial charge in [-0.25, -0.2) is 13.4 Å². The zero-order valence-electron chi connectivity index (χ0n) is 17.1. The number of carbonyl (C=O) groups is 1. The fraction of sp³-hybridized carbons (Fsp3) is 0.318. The molecule has 10 heteroatoms. The number of carbonyl (C=O) groups excluding carboxylic acids is 1. The standard InChI is InChI=1S/C22H21N3O5S2/c26-21(24-22-23-18-3-1-2-4-19(18)31-22)20(25-30-15-11-12-29-13-15)14-5-7-16(8-6-14)32(27,28)17-9-10-17/h1-8,15,17H,9-13H2,(H,23,24,26)/b25-20+/t15-/m1/s1. The Labute approximate surface area is 189 Å². The number of benzene rings is 2. The van der Waals surface area contributed by atoms with Gasteiger partial charge < -0.3 is 9.57 Å². The Morgan fingerprint density at radius 2 is 1.91 bits per heavy atom. The average molecular weight is 472 g/mol. The maximum absolute atomic E-state index is 13.1. The van der Waals surface area contributed by atoms with Gasteiger partial charge in [-0.1, -0.05) is 40.8 Å². The van der Waals surface area contributed by atoms with Gasteiger partial charge in [0.25, 0.3) is 5.91 Å². The summed E-state index contributed by atoms with van der Waals surface area (Å²) in [6, 6.07) is 13.8. The first-order chi connectivity index (χ1) is 15.5. The van der Waals surface area contributed by atoms with Crippen molar-refractivity contribution in [3.05, 3.63) is 54.1 Å². The van der Waals surface area contributed by atoms with Gasteiger partial charge in [0.1, 0.15) is 0 Å². The molecule has 0 radical (unpaired) electrons. The van der Waals surface area contributed by atoms with Crippen molar-refractivity contribution in [3.8, 4) is 0 Å². The van der Waals surface area contributed by atoms with Crippen LogP contribution < -0.4 is 5.32 Å². The lowest BCUT2D eigenvalue weighted by Gasteiger charge is -2.10. The first kappa shape index (κ1) is 21.0. The number of para-hydroxylation sites is 1. The minimum atomic E-state index is -3.31. The molecule has 1 N–H and O–H groups in total. The fourth-order valence-electron chi connectivity index (χ4n) is 3.40. The number of thiazole rings is 1. The summed E-state index contributed by atoms with van der Waals surface area (Å²) in [4.78, 5) is 23.3. The van der Waals surface area contributed by atoms with E-state index < -0.39 is 15.7 Å². The number of anilines is 1. The minimum absolute atomic E-state index is 0.0477. The van der Waals surface area contributed by atoms with Crippen molar-refractivity contribution in [2.45, 2.75) is 35.5 Å². The van der Waals surface area contributed by atoms with E-state index in [2.05, 4.69) is 15.5 Å². The van der Waals surface area contributed by atoms with Gasteiger partial charge in [-0.15, -0.1) is 0 Å². The van der Waals surface area contributed by atoms with Crippen LogP contribution in [0.25, 0.3) is 10.2 Å². The highest BCUT2D eigenvalue weighted by Crippen LogP contribution is 2.33. The van der Waals surface area contributed by atoms with Crippen LogP contribution in [0.15, 0.2) is 58.6 Å². The van der Waals surface area contributed by atoms with Crippen LogP contribution in [0.2, 0.25) is 0 Å². The molecule has 2 fully saturated rings. The maximum Gasteiger partial charge on any atom is 0.280 e. The Balaban J connectivity index is 1.41. The highest BCUT2D eigenvalue weighted by atomic mass is 32.2. The van der Waals surface area contributed by atoms with E-state index in [0.717, 1.165) is 10.2 Å². The second kappa shape index (κ2) is 8.61. The van der Waals surface area contributed by atoms with E-state index in [0.29, 0.717) is 43.2 Å². The topological polar surface area (TPSA) is 107 Å². The molecule has 1 atom stereocenters. The lowest BCUT2D eigenvalue weighted by atomic mass is 10.1. The van der Waals surface area contributed by atoms with E-state index in [9.17, 15) is 13.2 Å². The Hall–Kier alpha value is -2.82. The number of aromatic nitrogens is 1. The molecule has 3 aromatic rings. The highest BCUT2D eigenvalue weighted by molar-refractivity contribution is 7.92. The molecule has 2 aromatic carbocycles. The third kappa shape index (κ3) is 4.38. The molecule has 0 spiro atoms. The number of sulfone groups is 1. The van der Waals surface area contributed by atoms with Gasteiger partial charge in [0.05, 0.1) is 33.6 Å². The van der Waals surface area contributed by atoms with Gasteiger partial charge >= 0.3 is 0 Å². The minimum Gasteiger partial charge on any atom is -0.389 e. The van der Waals surface area contributed by atoms with E-state index in [4.69, 9.17) is 9.57 Å². The average Bonchev–Trinajstić information content (AvgIpc) is 3.39. The fourth-order valence-corrected chi connectivity index (χ4v) is 5.92. The smallest absolute Gasteiger partial charge is 0.280 e. The number of rotatable bonds is 7. The third-order valence-corrected chi connectivity index (χ3v) is 8.56. The summed E-state index contributed by atoms with van der Waals surface area (Å²) in [5.41, 5.74) is 1.30. The Morgan fingerprint density at radius 1 is 1.12 bits per heavy atom. The summed E-state index contributed by atoms with van der Waals surface area (Å²) >= 11 is 1.36. The lowest BCUT2D eigenvalue weighted by molar-refractivity contribution is -0.110. The molecule has 2 aliphatic rings. The number of ether oxygens (including phenoxy) is 1. The molecule has 1 aliphatic carbocycles. The molecule has 1 amide bonds. The van der Waals surface area contributed by atoms with Crippen molar-refractivity contribution < 1.29 is 22.8 Å². The molecule has 166 valence electrons. The van der Waals surface area contributed by atoms with Gasteiger partial charge in [0, 0.05) is 12.0 Å². The van der Waals surface area contributed by atoms with Gasteiger partial charge in [0.2, 0.25) is 0 Å². The van der Waals surface area contributed by atoms with Crippen LogP contribution in [0, 0.1) is 0 Å². The van der Waals surface area contributed by atoms with Crippen molar-refractivity contribution >= 4 is 48.1 Å². The molecule has 0 bridgehead atoms. The predicted octanol–water partition coefficient (Wildman–Crippen LogP) is 3.38. The molecule has 1 saturated carbocycles. The van der Waals surface area contributed by atoms with Crippen LogP contribution in [0.5, 0.6) is 0 Å². The molecule has 32 heavy (non-hydrogen) atoms. The SMILES string of the molecule is O=C(Nc1nc2ccccc2s1)/C(=N/O[C@@H]1CCOC1)c1ccc(S(=O)(=O)C2CC2)cc1. The number of nitrogens with zero attached hydrogens (tertiary/aromatic N) is 2. The highest BCUT2D eigenvalue weighted by Gasteiger charge is 2.36. The van der Waals surface area contributed by atoms with Crippen molar-refractivity contribution in [1.29, 1.82) is 0 Å². The quantitative estimate of drug-likeness (QED) is 0.418. The Kier molecular flexibility index (Phi) is 5.66. The molecular weight excluding hydrogens is 450 g/mol. The van der Waals surface area contributed by atoms with E-state index in [1.165, 1.54) is 23.5 Å². The van der Waals surface area contributed by atoms with Gasteiger partial charge in [0.15, 0.2) is 26.8 Å². The number of hydrogen-bond donors (Lipinski definition) is 1. The van der Waals surface area contributed by atoms with Crippen molar-refractivity contribution in [1.82, 2.24) is 4.98 Å². The molecule has 1 aromatic heterocycles. The molecule has 5 rings (SSSR count). The maximum atomic E-state index is 13.1. The summed E-state index contributed by atoms with van der Waals surface area (Å²) in [5.74, 6) is -0.485. The molecule has 0 unspecified atom stereocenters. The monoisotopic (exact) mass is 471 g/mol. The van der Waals surface area contributed by atoms with Crippen molar-refractivity contribution in [2.75, 3.05) is 18.5 Å². The second-order valence-electron chi connectivity index (χ2n) is 7.74. The predicted molar refractivity (Wildman–Crippen MR) is 122 cm³/mol. The number of oxime groups is 1. The van der Waals surface area contributed by atoms with Crippen LogP contribution in [-0.4, -0.2) is 49.6 Å². The van der Waals surface area contributed by atoms with Crippen LogP contribution >= 0.6 is 11.3 Å².